The van der Waals surface area contributed by atoms with E-state index < -0.39 is 58.8 Å². The van der Waals surface area contributed by atoms with Crippen LogP contribution in [0.3, 0.4) is 0 Å². The SMILES string of the molecule is CCOC(=O)c1c(C(F)(F)F)nc(C(F)F)c(C(=O)OC)c1NCC1CCCO1. The van der Waals surface area contributed by atoms with Crippen LogP contribution in [-0.4, -0.2) is 49.9 Å². The number of aromatic nitrogens is 1. The molecule has 1 aliphatic rings. The third kappa shape index (κ3) is 5.11. The lowest BCUT2D eigenvalue weighted by Gasteiger charge is -2.22. The van der Waals surface area contributed by atoms with Crippen LogP contribution in [0, 0.1) is 0 Å². The summed E-state index contributed by atoms with van der Waals surface area (Å²) in [4.78, 5) is 27.4. The summed E-state index contributed by atoms with van der Waals surface area (Å²) < 4.78 is 82.1. The summed E-state index contributed by atoms with van der Waals surface area (Å²) in [6.07, 6.45) is -7.97. The average Bonchev–Trinajstić information content (AvgIpc) is 3.17. The standard InChI is InChI=1S/C17H19F5N2O5/c1-3-28-16(26)10-11(23-7-8-5-4-6-29-8)9(15(25)27-2)12(14(18)19)24-13(10)17(20,21)22/h8,14H,3-7H2,1-2H3,(H,23,24). The number of methoxy groups -OCH3 is 1. The van der Waals surface area contributed by atoms with Crippen molar-refractivity contribution in [1.82, 2.24) is 4.98 Å². The zero-order valence-corrected chi connectivity index (χ0v) is 15.6. The zero-order chi connectivity index (χ0) is 21.8. The molecule has 29 heavy (non-hydrogen) atoms. The number of rotatable bonds is 7. The van der Waals surface area contributed by atoms with Gasteiger partial charge in [-0.3, -0.25) is 0 Å². The molecule has 0 amide bonds. The second-order valence-electron chi connectivity index (χ2n) is 6.00. The van der Waals surface area contributed by atoms with E-state index in [0.29, 0.717) is 19.4 Å². The summed E-state index contributed by atoms with van der Waals surface area (Å²) in [5.74, 6) is -2.84. The van der Waals surface area contributed by atoms with Gasteiger partial charge in [0.15, 0.2) is 5.69 Å². The Morgan fingerprint density at radius 3 is 2.45 bits per heavy atom. The van der Waals surface area contributed by atoms with Gasteiger partial charge in [0.25, 0.3) is 6.43 Å². The Morgan fingerprint density at radius 2 is 1.97 bits per heavy atom. The quantitative estimate of drug-likeness (QED) is 0.527. The van der Waals surface area contributed by atoms with Crippen LogP contribution >= 0.6 is 0 Å². The Morgan fingerprint density at radius 1 is 1.28 bits per heavy atom. The number of halogens is 5. The summed E-state index contributed by atoms with van der Waals surface area (Å²) in [5, 5.41) is 2.49. The number of esters is 2. The molecule has 2 rings (SSSR count). The van der Waals surface area contributed by atoms with Crippen LogP contribution in [0.2, 0.25) is 0 Å². The predicted molar refractivity (Wildman–Crippen MR) is 89.0 cm³/mol. The van der Waals surface area contributed by atoms with Crippen LogP contribution in [0.25, 0.3) is 0 Å². The van der Waals surface area contributed by atoms with Gasteiger partial charge in [-0.2, -0.15) is 13.2 Å². The Labute approximate surface area is 162 Å². The molecule has 1 aliphatic heterocycles. The number of anilines is 1. The highest BCUT2D eigenvalue weighted by Gasteiger charge is 2.43. The van der Waals surface area contributed by atoms with E-state index in [-0.39, 0.29) is 13.2 Å². The largest absolute Gasteiger partial charge is 0.465 e. The Hall–Kier alpha value is -2.50. The van der Waals surface area contributed by atoms with Gasteiger partial charge in [-0.1, -0.05) is 0 Å². The molecule has 0 bridgehead atoms. The van der Waals surface area contributed by atoms with E-state index in [0.717, 1.165) is 7.11 Å². The minimum Gasteiger partial charge on any atom is -0.465 e. The molecular formula is C17H19F5N2O5. The van der Waals surface area contributed by atoms with E-state index in [9.17, 15) is 31.5 Å². The van der Waals surface area contributed by atoms with Gasteiger partial charge in [-0.15, -0.1) is 0 Å². The molecule has 12 heteroatoms. The molecule has 0 radical (unpaired) electrons. The minimum absolute atomic E-state index is 0.125. The van der Waals surface area contributed by atoms with Crippen molar-refractivity contribution >= 4 is 17.6 Å². The van der Waals surface area contributed by atoms with Crippen LogP contribution in [0.4, 0.5) is 27.6 Å². The fourth-order valence-corrected chi connectivity index (χ4v) is 2.88. The number of alkyl halides is 5. The third-order valence-corrected chi connectivity index (χ3v) is 4.10. The van der Waals surface area contributed by atoms with E-state index in [1.807, 2.05) is 0 Å². The third-order valence-electron chi connectivity index (χ3n) is 4.10. The van der Waals surface area contributed by atoms with Crippen LogP contribution in [0.15, 0.2) is 0 Å². The second-order valence-corrected chi connectivity index (χ2v) is 6.00. The van der Waals surface area contributed by atoms with E-state index in [1.54, 1.807) is 0 Å². The molecule has 1 aromatic rings. The summed E-state index contributed by atoms with van der Waals surface area (Å²) in [6.45, 7) is 1.37. The maximum atomic E-state index is 13.5. The molecule has 1 aromatic heterocycles. The highest BCUT2D eigenvalue weighted by Crippen LogP contribution is 2.39. The fraction of sp³-hybridized carbons (Fsp3) is 0.588. The minimum atomic E-state index is -5.26. The number of pyridine rings is 1. The fourth-order valence-electron chi connectivity index (χ4n) is 2.88. The Kier molecular flexibility index (Phi) is 7.33. The summed E-state index contributed by atoms with van der Waals surface area (Å²) >= 11 is 0. The number of hydrogen-bond donors (Lipinski definition) is 1. The van der Waals surface area contributed by atoms with Crippen LogP contribution in [-0.2, 0) is 20.4 Å². The molecule has 7 nitrogen and oxygen atoms in total. The molecule has 0 aromatic carbocycles. The van der Waals surface area contributed by atoms with Crippen LogP contribution < -0.4 is 5.32 Å². The first kappa shape index (κ1) is 22.8. The smallest absolute Gasteiger partial charge is 0.434 e. The number of hydrogen-bond acceptors (Lipinski definition) is 7. The maximum absolute atomic E-state index is 13.5. The number of carbonyl (C=O) groups excluding carboxylic acids is 2. The summed E-state index contributed by atoms with van der Waals surface area (Å²) in [7, 11) is 0.864. The summed E-state index contributed by atoms with van der Waals surface area (Å²) in [5.41, 5.74) is -6.23. The molecule has 1 unspecified atom stereocenters. The molecule has 0 spiro atoms. The van der Waals surface area contributed by atoms with Gasteiger partial charge in [0, 0.05) is 13.2 Å². The van der Waals surface area contributed by atoms with Gasteiger partial charge in [0.1, 0.15) is 16.8 Å². The molecule has 1 atom stereocenters. The van der Waals surface area contributed by atoms with E-state index in [1.165, 1.54) is 6.92 Å². The highest BCUT2D eigenvalue weighted by atomic mass is 19.4. The van der Waals surface area contributed by atoms with Crippen molar-refractivity contribution < 1.29 is 45.8 Å². The predicted octanol–water partition coefficient (Wildman–Crippen LogP) is 3.59. The van der Waals surface area contributed by atoms with Gasteiger partial charge in [0.2, 0.25) is 0 Å². The lowest BCUT2D eigenvalue weighted by Crippen LogP contribution is -2.27. The molecule has 0 aliphatic carbocycles. The van der Waals surface area contributed by atoms with Crippen molar-refractivity contribution in [1.29, 1.82) is 0 Å². The number of ether oxygens (including phenoxy) is 3. The van der Waals surface area contributed by atoms with Gasteiger partial charge in [-0.05, 0) is 19.8 Å². The van der Waals surface area contributed by atoms with Gasteiger partial charge in [0.05, 0.1) is 25.5 Å². The molecule has 1 fully saturated rings. The topological polar surface area (TPSA) is 86.8 Å². The zero-order valence-electron chi connectivity index (χ0n) is 15.6. The molecule has 2 heterocycles. The van der Waals surface area contributed by atoms with Crippen molar-refractivity contribution in [3.63, 3.8) is 0 Å². The highest BCUT2D eigenvalue weighted by molar-refractivity contribution is 6.06. The number of nitrogens with one attached hydrogen (secondary N) is 1. The van der Waals surface area contributed by atoms with E-state index >= 15 is 0 Å². The molecule has 1 saturated heterocycles. The normalized spacial score (nSPS) is 16.8. The van der Waals surface area contributed by atoms with Crippen LogP contribution in [0.1, 0.15) is 58.3 Å². The Bertz CT molecular complexity index is 764. The molecule has 0 saturated carbocycles. The van der Waals surface area contributed by atoms with Crippen molar-refractivity contribution in [3.05, 3.63) is 22.5 Å². The van der Waals surface area contributed by atoms with E-state index in [4.69, 9.17) is 4.74 Å². The average molecular weight is 426 g/mol. The summed E-state index contributed by atoms with van der Waals surface area (Å²) in [6, 6.07) is 0. The lowest BCUT2D eigenvalue weighted by molar-refractivity contribution is -0.142. The Balaban J connectivity index is 2.76. The monoisotopic (exact) mass is 426 g/mol. The van der Waals surface area contributed by atoms with Gasteiger partial charge in [-0.25, -0.2) is 23.4 Å². The first-order valence-corrected chi connectivity index (χ1v) is 8.65. The number of carbonyl (C=O) groups is 2. The number of nitrogens with zero attached hydrogens (tertiary/aromatic N) is 1. The molecule has 162 valence electrons. The molecular weight excluding hydrogens is 407 g/mol. The van der Waals surface area contributed by atoms with Crippen molar-refractivity contribution in [2.45, 2.75) is 38.5 Å². The van der Waals surface area contributed by atoms with E-state index in [2.05, 4.69) is 19.8 Å². The van der Waals surface area contributed by atoms with Gasteiger partial charge >= 0.3 is 18.1 Å². The van der Waals surface area contributed by atoms with Gasteiger partial charge < -0.3 is 19.5 Å². The maximum Gasteiger partial charge on any atom is 0.434 e. The second kappa shape index (κ2) is 9.33. The van der Waals surface area contributed by atoms with Crippen LogP contribution in [0.5, 0.6) is 0 Å². The van der Waals surface area contributed by atoms with Crippen molar-refractivity contribution in [2.75, 3.05) is 32.2 Å². The first-order chi connectivity index (χ1) is 13.6. The lowest BCUT2D eigenvalue weighted by atomic mass is 10.0. The van der Waals surface area contributed by atoms with Crippen molar-refractivity contribution in [3.8, 4) is 0 Å². The first-order valence-electron chi connectivity index (χ1n) is 8.65. The molecule has 1 N–H and O–H groups in total. The van der Waals surface area contributed by atoms with Crippen molar-refractivity contribution in [2.24, 2.45) is 0 Å².